The van der Waals surface area contributed by atoms with Crippen molar-refractivity contribution in [2.24, 2.45) is 23.2 Å². The van der Waals surface area contributed by atoms with Gasteiger partial charge in [-0.2, -0.15) is 12.6 Å². The van der Waals surface area contributed by atoms with Gasteiger partial charge in [-0.25, -0.2) is 0 Å². The van der Waals surface area contributed by atoms with E-state index in [1.54, 1.807) is 0 Å². The van der Waals surface area contributed by atoms with Crippen molar-refractivity contribution in [3.05, 3.63) is 24.3 Å². The molecule has 0 heterocycles. The van der Waals surface area contributed by atoms with Crippen LogP contribution in [0.4, 0.5) is 0 Å². The fourth-order valence-corrected chi connectivity index (χ4v) is 4.41. The summed E-state index contributed by atoms with van der Waals surface area (Å²) in [7, 11) is 0. The standard InChI is InChI=1S/C15H22S2/c1-9(2)11-8-15(4)10(3)6-5-7-12(15)14(17)13(11)16/h5,7,10-13,16H,1,6,8H2,2-4H3. The minimum absolute atomic E-state index is 0.204. The summed E-state index contributed by atoms with van der Waals surface area (Å²) >= 11 is 10.4. The number of hydrogen-bond acceptors (Lipinski definition) is 2. The Hall–Kier alpha value is -0.0800. The Morgan fingerprint density at radius 2 is 2.24 bits per heavy atom. The SMILES string of the molecule is C=C(C)C1CC2(C)C(C)CC=CC2C(=S)C1S. The topological polar surface area (TPSA) is 0 Å². The van der Waals surface area contributed by atoms with Crippen molar-refractivity contribution in [2.45, 2.75) is 38.9 Å². The molecule has 1 saturated carbocycles. The molecule has 0 aliphatic heterocycles. The van der Waals surface area contributed by atoms with E-state index in [2.05, 4.69) is 39.5 Å². The van der Waals surface area contributed by atoms with Crippen molar-refractivity contribution in [2.75, 3.05) is 0 Å². The molecule has 1 fully saturated rings. The molecule has 2 aliphatic carbocycles. The van der Waals surface area contributed by atoms with Gasteiger partial charge in [0, 0.05) is 16.0 Å². The molecule has 94 valence electrons. The van der Waals surface area contributed by atoms with E-state index in [1.165, 1.54) is 18.4 Å². The van der Waals surface area contributed by atoms with E-state index in [9.17, 15) is 0 Å². The van der Waals surface area contributed by atoms with Crippen LogP contribution in [0.25, 0.3) is 0 Å². The van der Waals surface area contributed by atoms with Crippen molar-refractivity contribution < 1.29 is 0 Å². The summed E-state index contributed by atoms with van der Waals surface area (Å²) in [5.41, 5.74) is 1.53. The molecule has 17 heavy (non-hydrogen) atoms. The molecule has 0 saturated heterocycles. The van der Waals surface area contributed by atoms with Gasteiger partial charge in [-0.05, 0) is 37.0 Å². The molecule has 0 N–H and O–H groups in total. The third-order valence-corrected chi connectivity index (χ3v) is 6.25. The highest BCUT2D eigenvalue weighted by Crippen LogP contribution is 2.53. The van der Waals surface area contributed by atoms with E-state index >= 15 is 0 Å². The zero-order chi connectivity index (χ0) is 12.8. The molecule has 2 aliphatic rings. The zero-order valence-corrected chi connectivity index (χ0v) is 12.7. The van der Waals surface area contributed by atoms with Gasteiger partial charge < -0.3 is 0 Å². The summed E-state index contributed by atoms with van der Waals surface area (Å²) < 4.78 is 0. The Morgan fingerprint density at radius 3 is 2.82 bits per heavy atom. The van der Waals surface area contributed by atoms with Crippen molar-refractivity contribution in [3.63, 3.8) is 0 Å². The molecule has 0 aromatic rings. The van der Waals surface area contributed by atoms with Crippen LogP contribution in [-0.2, 0) is 0 Å². The van der Waals surface area contributed by atoms with Crippen molar-refractivity contribution >= 4 is 29.7 Å². The minimum Gasteiger partial charge on any atom is -0.170 e. The maximum absolute atomic E-state index is 5.68. The van der Waals surface area contributed by atoms with E-state index in [-0.39, 0.29) is 5.25 Å². The van der Waals surface area contributed by atoms with Crippen LogP contribution < -0.4 is 0 Å². The van der Waals surface area contributed by atoms with Gasteiger partial charge in [0.1, 0.15) is 0 Å². The van der Waals surface area contributed by atoms with Gasteiger partial charge in [-0.3, -0.25) is 0 Å². The fourth-order valence-electron chi connectivity index (χ4n) is 3.37. The Balaban J connectivity index is 2.40. The smallest absolute Gasteiger partial charge is 0.0402 e. The Bertz CT molecular complexity index is 382. The highest BCUT2D eigenvalue weighted by Gasteiger charge is 2.49. The lowest BCUT2D eigenvalue weighted by Crippen LogP contribution is -2.50. The van der Waals surface area contributed by atoms with Crippen LogP contribution in [0.3, 0.4) is 0 Å². The second-order valence-corrected chi connectivity index (χ2v) is 7.08. The summed E-state index contributed by atoms with van der Waals surface area (Å²) in [6.07, 6.45) is 6.97. The average molecular weight is 266 g/mol. The molecule has 2 heteroatoms. The van der Waals surface area contributed by atoms with Crippen LogP contribution in [0.1, 0.15) is 33.6 Å². The monoisotopic (exact) mass is 266 g/mol. The summed E-state index contributed by atoms with van der Waals surface area (Å²) in [4.78, 5) is 1.12. The fraction of sp³-hybridized carbons (Fsp3) is 0.667. The summed E-state index contributed by atoms with van der Waals surface area (Å²) in [6, 6.07) is 0. The van der Waals surface area contributed by atoms with Gasteiger partial charge in [-0.15, -0.1) is 0 Å². The predicted octanol–water partition coefficient (Wildman–Crippen LogP) is 4.47. The summed E-state index contributed by atoms with van der Waals surface area (Å²) in [5, 5.41) is 0.204. The zero-order valence-electron chi connectivity index (χ0n) is 10.9. The molecule has 0 nitrogen and oxygen atoms in total. The van der Waals surface area contributed by atoms with E-state index in [0.29, 0.717) is 23.2 Å². The lowest BCUT2D eigenvalue weighted by Gasteiger charge is -2.52. The molecule has 0 amide bonds. The number of thiocarbonyl (C=S) groups is 1. The first-order valence-corrected chi connectivity index (χ1v) is 7.34. The molecule has 0 aromatic heterocycles. The molecule has 5 atom stereocenters. The van der Waals surface area contributed by atoms with Gasteiger partial charge in [0.2, 0.25) is 0 Å². The van der Waals surface area contributed by atoms with Gasteiger partial charge in [0.15, 0.2) is 0 Å². The van der Waals surface area contributed by atoms with Gasteiger partial charge >= 0.3 is 0 Å². The normalized spacial score (nSPS) is 45.5. The number of allylic oxidation sites excluding steroid dienone is 3. The van der Waals surface area contributed by atoms with Crippen LogP contribution in [-0.4, -0.2) is 10.1 Å². The second kappa shape index (κ2) is 4.55. The summed E-state index contributed by atoms with van der Waals surface area (Å²) in [5.74, 6) is 1.57. The molecular formula is C15H22S2. The van der Waals surface area contributed by atoms with Crippen LogP contribution in [0.2, 0.25) is 0 Å². The van der Waals surface area contributed by atoms with Crippen LogP contribution in [0.5, 0.6) is 0 Å². The van der Waals surface area contributed by atoms with Crippen LogP contribution >= 0.6 is 24.8 Å². The molecule has 0 aromatic carbocycles. The Morgan fingerprint density at radius 1 is 1.59 bits per heavy atom. The Kier molecular flexibility index (Phi) is 3.57. The first-order valence-electron chi connectivity index (χ1n) is 6.41. The second-order valence-electron chi connectivity index (χ2n) is 6.05. The van der Waals surface area contributed by atoms with E-state index in [1.807, 2.05) is 0 Å². The van der Waals surface area contributed by atoms with E-state index in [4.69, 9.17) is 24.8 Å². The molecule has 0 bridgehead atoms. The van der Waals surface area contributed by atoms with E-state index in [0.717, 1.165) is 4.86 Å². The summed E-state index contributed by atoms with van der Waals surface area (Å²) in [6.45, 7) is 11.0. The maximum Gasteiger partial charge on any atom is 0.0402 e. The first kappa shape index (κ1) is 13.4. The molecule has 0 spiro atoms. The first-order chi connectivity index (χ1) is 7.88. The van der Waals surface area contributed by atoms with Crippen molar-refractivity contribution in [1.82, 2.24) is 0 Å². The van der Waals surface area contributed by atoms with Gasteiger partial charge in [-0.1, -0.05) is 50.4 Å². The highest BCUT2D eigenvalue weighted by atomic mass is 32.1. The predicted molar refractivity (Wildman–Crippen MR) is 82.8 cm³/mol. The molecular weight excluding hydrogens is 244 g/mol. The minimum atomic E-state index is 0.204. The van der Waals surface area contributed by atoms with Crippen molar-refractivity contribution in [3.8, 4) is 0 Å². The van der Waals surface area contributed by atoms with Gasteiger partial charge in [0.05, 0.1) is 0 Å². The quantitative estimate of drug-likeness (QED) is 0.415. The number of fused-ring (bicyclic) bond motifs is 1. The molecule has 2 rings (SSSR count). The molecule has 0 radical (unpaired) electrons. The van der Waals surface area contributed by atoms with Crippen LogP contribution in [0, 0.1) is 23.2 Å². The Labute approximate surface area is 116 Å². The van der Waals surface area contributed by atoms with E-state index < -0.39 is 0 Å². The molecule has 5 unspecified atom stereocenters. The number of thiol groups is 1. The largest absolute Gasteiger partial charge is 0.170 e. The lowest BCUT2D eigenvalue weighted by molar-refractivity contribution is 0.113. The third-order valence-electron chi connectivity index (χ3n) is 4.93. The highest BCUT2D eigenvalue weighted by molar-refractivity contribution is 7.86. The lowest BCUT2D eigenvalue weighted by atomic mass is 9.55. The van der Waals surface area contributed by atoms with Crippen molar-refractivity contribution in [1.29, 1.82) is 0 Å². The maximum atomic E-state index is 5.68. The number of hydrogen-bond donors (Lipinski definition) is 1. The average Bonchev–Trinajstić information content (AvgIpc) is 2.26. The van der Waals surface area contributed by atoms with Crippen LogP contribution in [0.15, 0.2) is 24.3 Å². The van der Waals surface area contributed by atoms with Gasteiger partial charge in [0.25, 0.3) is 0 Å². The third kappa shape index (κ3) is 2.04. The number of rotatable bonds is 1.